The third-order valence-electron chi connectivity index (χ3n) is 5.25. The molecule has 2 aromatic rings. The number of hydrogen-bond donors (Lipinski definition) is 1. The van der Waals surface area contributed by atoms with Gasteiger partial charge in [0.1, 0.15) is 5.75 Å². The summed E-state index contributed by atoms with van der Waals surface area (Å²) in [5.74, 6) is -0.822. The first kappa shape index (κ1) is 20.6. The Kier molecular flexibility index (Phi) is 6.32. The highest BCUT2D eigenvalue weighted by molar-refractivity contribution is 6.39. The average molecular weight is 394 g/mol. The van der Waals surface area contributed by atoms with Crippen molar-refractivity contribution in [3.8, 4) is 5.75 Å². The first-order valence-corrected chi connectivity index (χ1v) is 9.75. The van der Waals surface area contributed by atoms with E-state index in [9.17, 15) is 14.4 Å². The van der Waals surface area contributed by atoms with Gasteiger partial charge in [0.15, 0.2) is 5.78 Å². The van der Waals surface area contributed by atoms with Crippen molar-refractivity contribution in [1.82, 2.24) is 4.90 Å². The number of amides is 2. The van der Waals surface area contributed by atoms with Crippen LogP contribution in [0.25, 0.3) is 0 Å². The van der Waals surface area contributed by atoms with Gasteiger partial charge < -0.3 is 15.0 Å². The van der Waals surface area contributed by atoms with Gasteiger partial charge in [-0.3, -0.25) is 14.4 Å². The fourth-order valence-corrected chi connectivity index (χ4v) is 3.88. The minimum Gasteiger partial charge on any atom is -0.496 e. The Balaban J connectivity index is 1.69. The van der Waals surface area contributed by atoms with Gasteiger partial charge in [-0.1, -0.05) is 18.2 Å². The van der Waals surface area contributed by atoms with E-state index in [0.717, 1.165) is 16.9 Å². The summed E-state index contributed by atoms with van der Waals surface area (Å²) in [5, 5.41) is 2.61. The molecule has 0 radical (unpaired) electrons. The van der Waals surface area contributed by atoms with Crippen LogP contribution < -0.4 is 10.1 Å². The zero-order valence-corrected chi connectivity index (χ0v) is 17.0. The lowest BCUT2D eigenvalue weighted by Gasteiger charge is -2.31. The highest BCUT2D eigenvalue weighted by Gasteiger charge is 2.32. The molecule has 1 heterocycles. The van der Waals surface area contributed by atoms with Crippen LogP contribution in [0.5, 0.6) is 5.75 Å². The van der Waals surface area contributed by atoms with Crippen molar-refractivity contribution in [3.63, 3.8) is 0 Å². The van der Waals surface area contributed by atoms with Crippen LogP contribution in [-0.2, 0) is 9.59 Å². The molecule has 2 amide bonds. The van der Waals surface area contributed by atoms with Crippen LogP contribution in [-0.4, -0.2) is 42.7 Å². The number of ether oxygens (including phenoxy) is 1. The highest BCUT2D eigenvalue weighted by Crippen LogP contribution is 2.28. The van der Waals surface area contributed by atoms with E-state index in [1.807, 2.05) is 32.0 Å². The summed E-state index contributed by atoms with van der Waals surface area (Å²) < 4.78 is 5.37. The number of para-hydroxylation sites is 1. The van der Waals surface area contributed by atoms with Crippen LogP contribution in [0.3, 0.4) is 0 Å². The van der Waals surface area contributed by atoms with Gasteiger partial charge in [0.2, 0.25) is 0 Å². The maximum atomic E-state index is 13.1. The number of carbonyl (C=O) groups is 3. The van der Waals surface area contributed by atoms with Crippen molar-refractivity contribution >= 4 is 23.3 Å². The Morgan fingerprint density at radius 3 is 2.34 bits per heavy atom. The molecule has 2 aromatic carbocycles. The molecule has 6 nitrogen and oxygen atoms in total. The number of nitrogens with one attached hydrogen (secondary N) is 1. The molecule has 1 aliphatic rings. The quantitative estimate of drug-likeness (QED) is 0.637. The normalized spacial score (nSPS) is 16.2. The summed E-state index contributed by atoms with van der Waals surface area (Å²) >= 11 is 0. The largest absolute Gasteiger partial charge is 0.496 e. The van der Waals surface area contributed by atoms with E-state index in [2.05, 4.69) is 5.32 Å². The molecule has 0 bridgehead atoms. The molecule has 0 unspecified atom stereocenters. The van der Waals surface area contributed by atoms with Crippen molar-refractivity contribution in [2.24, 2.45) is 5.92 Å². The van der Waals surface area contributed by atoms with E-state index in [-0.39, 0.29) is 18.2 Å². The molecule has 152 valence electrons. The Bertz CT molecular complexity index is 901. The Morgan fingerprint density at radius 1 is 1.07 bits per heavy atom. The summed E-state index contributed by atoms with van der Waals surface area (Å²) in [6.07, 6.45) is 1.39. The number of anilines is 1. The van der Waals surface area contributed by atoms with Crippen LogP contribution in [0.2, 0.25) is 0 Å². The summed E-state index contributed by atoms with van der Waals surface area (Å²) in [5.41, 5.74) is 3.00. The molecule has 29 heavy (non-hydrogen) atoms. The predicted molar refractivity (Wildman–Crippen MR) is 111 cm³/mol. The standard InChI is InChI=1S/C23H26N2O4/c1-15-12-18(13-16(2)21(15)29-3)20(26)17-8-7-11-25(14-17)23(28)22(27)24-19-9-5-4-6-10-19/h4-6,9-10,12-13,17H,7-8,11,14H2,1-3H3,(H,24,27)/t17-/m0/s1. The lowest BCUT2D eigenvalue weighted by atomic mass is 9.88. The SMILES string of the molecule is COc1c(C)cc(C(=O)[C@H]2CCCN(C(=O)C(=O)Nc3ccccc3)C2)cc1C. The van der Waals surface area contributed by atoms with Crippen molar-refractivity contribution in [3.05, 3.63) is 59.2 Å². The molecule has 0 aromatic heterocycles. The number of carbonyl (C=O) groups excluding carboxylic acids is 3. The number of rotatable bonds is 4. The van der Waals surface area contributed by atoms with Crippen LogP contribution in [0.1, 0.15) is 34.3 Å². The molecule has 0 saturated carbocycles. The first-order chi connectivity index (χ1) is 13.9. The molecule has 1 N–H and O–H groups in total. The highest BCUT2D eigenvalue weighted by atomic mass is 16.5. The topological polar surface area (TPSA) is 75.7 Å². The summed E-state index contributed by atoms with van der Waals surface area (Å²) in [6, 6.07) is 12.5. The maximum absolute atomic E-state index is 13.1. The number of aryl methyl sites for hydroxylation is 2. The van der Waals surface area contributed by atoms with Gasteiger partial charge in [-0.15, -0.1) is 0 Å². The Hall–Kier alpha value is -3.15. The first-order valence-electron chi connectivity index (χ1n) is 9.75. The number of Topliss-reactive ketones (excluding diaryl/α,β-unsaturated/α-hetero) is 1. The third kappa shape index (κ3) is 4.65. The number of hydrogen-bond acceptors (Lipinski definition) is 4. The van der Waals surface area contributed by atoms with E-state index in [0.29, 0.717) is 30.6 Å². The molecular weight excluding hydrogens is 368 g/mol. The monoisotopic (exact) mass is 394 g/mol. The lowest BCUT2D eigenvalue weighted by Crippen LogP contribution is -2.46. The minimum absolute atomic E-state index is 0.000166. The summed E-state index contributed by atoms with van der Waals surface area (Å²) in [6.45, 7) is 4.55. The predicted octanol–water partition coefficient (Wildman–Crippen LogP) is 3.37. The van der Waals surface area contributed by atoms with Gasteiger partial charge in [0, 0.05) is 30.3 Å². The molecule has 6 heteroatoms. The van der Waals surface area contributed by atoms with E-state index < -0.39 is 11.8 Å². The number of likely N-dealkylation sites (tertiary alicyclic amines) is 1. The van der Waals surface area contributed by atoms with Crippen molar-refractivity contribution < 1.29 is 19.1 Å². The smallest absolute Gasteiger partial charge is 0.313 e. The average Bonchev–Trinajstić information content (AvgIpc) is 2.73. The number of nitrogens with zero attached hydrogens (tertiary/aromatic N) is 1. The van der Waals surface area contributed by atoms with E-state index in [4.69, 9.17) is 4.74 Å². The van der Waals surface area contributed by atoms with Crippen LogP contribution in [0.4, 0.5) is 5.69 Å². The second kappa shape index (κ2) is 8.90. The lowest BCUT2D eigenvalue weighted by molar-refractivity contribution is -0.144. The molecule has 3 rings (SSSR count). The zero-order chi connectivity index (χ0) is 21.0. The van der Waals surface area contributed by atoms with Gasteiger partial charge in [-0.05, 0) is 62.1 Å². The summed E-state index contributed by atoms with van der Waals surface area (Å²) in [7, 11) is 1.61. The van der Waals surface area contributed by atoms with Gasteiger partial charge in [0.05, 0.1) is 7.11 Å². The Labute approximate surface area is 170 Å². The van der Waals surface area contributed by atoms with E-state index in [1.54, 1.807) is 31.4 Å². The van der Waals surface area contributed by atoms with Crippen LogP contribution >= 0.6 is 0 Å². The van der Waals surface area contributed by atoms with E-state index in [1.165, 1.54) is 4.90 Å². The molecule has 1 atom stereocenters. The fourth-order valence-electron chi connectivity index (χ4n) is 3.88. The molecular formula is C23H26N2O4. The third-order valence-corrected chi connectivity index (χ3v) is 5.25. The van der Waals surface area contributed by atoms with Gasteiger partial charge in [0.25, 0.3) is 0 Å². The number of benzene rings is 2. The Morgan fingerprint density at radius 2 is 1.72 bits per heavy atom. The zero-order valence-electron chi connectivity index (χ0n) is 17.0. The second-order valence-corrected chi connectivity index (χ2v) is 7.42. The van der Waals surface area contributed by atoms with Crippen LogP contribution in [0, 0.1) is 19.8 Å². The number of ketones is 1. The van der Waals surface area contributed by atoms with Crippen molar-refractivity contribution in [2.75, 3.05) is 25.5 Å². The van der Waals surface area contributed by atoms with Crippen molar-refractivity contribution in [2.45, 2.75) is 26.7 Å². The van der Waals surface area contributed by atoms with Gasteiger partial charge in [-0.25, -0.2) is 0 Å². The maximum Gasteiger partial charge on any atom is 0.313 e. The van der Waals surface area contributed by atoms with Gasteiger partial charge >= 0.3 is 11.8 Å². The molecule has 1 aliphatic heterocycles. The van der Waals surface area contributed by atoms with Gasteiger partial charge in [-0.2, -0.15) is 0 Å². The summed E-state index contributed by atoms with van der Waals surface area (Å²) in [4.78, 5) is 39.4. The van der Waals surface area contributed by atoms with Crippen LogP contribution in [0.15, 0.2) is 42.5 Å². The minimum atomic E-state index is -0.680. The fraction of sp³-hybridized carbons (Fsp3) is 0.348. The number of piperidine rings is 1. The molecule has 0 aliphatic carbocycles. The molecule has 1 fully saturated rings. The molecule has 0 spiro atoms. The molecule has 1 saturated heterocycles. The second-order valence-electron chi connectivity index (χ2n) is 7.42. The van der Waals surface area contributed by atoms with Crippen molar-refractivity contribution in [1.29, 1.82) is 0 Å². The number of methoxy groups -OCH3 is 1. The van der Waals surface area contributed by atoms with E-state index >= 15 is 0 Å².